The van der Waals surface area contributed by atoms with Crippen molar-refractivity contribution in [1.29, 1.82) is 0 Å². The zero-order valence-electron chi connectivity index (χ0n) is 17.7. The van der Waals surface area contributed by atoms with Gasteiger partial charge in [0.1, 0.15) is 6.98 Å². The molecule has 0 saturated carbocycles. The van der Waals surface area contributed by atoms with Crippen LogP contribution in [0.1, 0.15) is 65.7 Å². The Morgan fingerprint density at radius 2 is 0.933 bits per heavy atom. The molecule has 0 aromatic rings. The van der Waals surface area contributed by atoms with Gasteiger partial charge in [0.2, 0.25) is 0 Å². The van der Waals surface area contributed by atoms with Gasteiger partial charge in [0, 0.05) is 0 Å². The van der Waals surface area contributed by atoms with E-state index in [1.165, 1.54) is 69.1 Å². The van der Waals surface area contributed by atoms with Gasteiger partial charge in [-0.25, -0.2) is 16.8 Å². The van der Waals surface area contributed by atoms with Crippen molar-refractivity contribution >= 4 is 25.9 Å². The number of quaternary nitrogens is 1. The van der Waals surface area contributed by atoms with Gasteiger partial charge in [0.05, 0.1) is 26.7 Å². The minimum atomic E-state index is -6.32. The van der Waals surface area contributed by atoms with Crippen LogP contribution in [0.4, 0.5) is 26.3 Å². The predicted molar refractivity (Wildman–Crippen MR) is 108 cm³/mol. The Hall–Kier alpha value is -0.130. The molecule has 0 unspecified atom stereocenters. The van der Waals surface area contributed by atoms with Gasteiger partial charge in [-0.2, -0.15) is 26.3 Å². The Morgan fingerprint density at radius 1 is 0.633 bits per heavy atom. The average molecular weight is 513 g/mol. The molecule has 0 aliphatic rings. The molecule has 30 heavy (non-hydrogen) atoms. The Labute approximate surface area is 177 Å². The molecule has 0 aromatic carbocycles. The number of hydrogen-bond donors (Lipinski definition) is 0. The summed E-state index contributed by atoms with van der Waals surface area (Å²) in [6, 6.07) is 0. The average Bonchev–Trinajstić information content (AvgIpc) is 2.56. The van der Waals surface area contributed by atoms with Crippen LogP contribution in [0.5, 0.6) is 0 Å². The van der Waals surface area contributed by atoms with Gasteiger partial charge < -0.3 is 4.48 Å². The minimum Gasteiger partial charge on any atom is -0.326 e. The van der Waals surface area contributed by atoms with E-state index < -0.39 is 36.9 Å². The second-order valence-electron chi connectivity index (χ2n) is 7.19. The number of rotatable bonds is 12. The van der Waals surface area contributed by atoms with Crippen LogP contribution in [-0.2, 0) is 18.9 Å². The van der Waals surface area contributed by atoms with Crippen molar-refractivity contribution in [2.24, 2.45) is 0 Å². The molecule has 14 heteroatoms. The van der Waals surface area contributed by atoms with Crippen molar-refractivity contribution in [3.8, 4) is 0 Å². The van der Waals surface area contributed by atoms with Crippen LogP contribution in [0.3, 0.4) is 0 Å². The summed E-state index contributed by atoms with van der Waals surface area (Å²) in [5, 5.41) is 0. The van der Waals surface area contributed by atoms with Crippen molar-refractivity contribution in [3.63, 3.8) is 0 Å². The topological polar surface area (TPSA) is 68.3 Å². The molecule has 0 fully saturated rings. The van der Waals surface area contributed by atoms with E-state index in [-0.39, 0.29) is 0 Å². The zero-order valence-corrected chi connectivity index (χ0v) is 20.4. The number of hydrogen-bond acceptors (Lipinski definition) is 4. The maximum absolute atomic E-state index is 11.5. The first kappa shape index (κ1) is 32.1. The van der Waals surface area contributed by atoms with Crippen molar-refractivity contribution in [1.82, 2.24) is 0 Å². The van der Waals surface area contributed by atoms with Crippen LogP contribution >= 0.6 is 6.98 Å². The molecule has 5 nitrogen and oxygen atoms in total. The molecule has 0 radical (unpaired) electrons. The monoisotopic (exact) mass is 512 g/mol. The number of alkyl halides is 6. The molecule has 0 amide bonds. The molecule has 0 aromatic heterocycles. The summed E-state index contributed by atoms with van der Waals surface area (Å²) in [5.41, 5.74) is -12.0. The van der Waals surface area contributed by atoms with E-state index in [0.29, 0.717) is 0 Å². The Morgan fingerprint density at radius 3 is 1.20 bits per heavy atom. The molecule has 0 bridgehead atoms. The number of halogens is 6. The molecule has 0 rings (SSSR count). The van der Waals surface area contributed by atoms with E-state index in [4.69, 9.17) is 0 Å². The van der Waals surface area contributed by atoms with Gasteiger partial charge >= 0.3 is 11.0 Å². The lowest BCUT2D eigenvalue weighted by molar-refractivity contribution is -0.910. The first-order valence-corrected chi connectivity index (χ1v) is 15.1. The quantitative estimate of drug-likeness (QED) is 0.148. The third kappa shape index (κ3) is 12.7. The summed E-state index contributed by atoms with van der Waals surface area (Å²) in [7, 11) is -10.2. The lowest BCUT2D eigenvalue weighted by atomic mass is 10.2. The van der Waals surface area contributed by atoms with Gasteiger partial charge in [-0.05, 0) is 25.7 Å². The van der Waals surface area contributed by atoms with Crippen LogP contribution in [0.25, 0.3) is 0 Å². The fraction of sp³-hybridized carbons (Fsp3) is 1.00. The van der Waals surface area contributed by atoms with Crippen molar-refractivity contribution in [2.75, 3.05) is 26.7 Å². The summed E-state index contributed by atoms with van der Waals surface area (Å²) in [5.74, 6) is 0. The summed E-state index contributed by atoms with van der Waals surface area (Å²) in [4.78, 5) is 0. The van der Waals surface area contributed by atoms with E-state index in [9.17, 15) is 43.2 Å². The third-order valence-electron chi connectivity index (χ3n) is 4.23. The number of unbranched alkanes of at least 4 members (excludes halogenated alkanes) is 4. The van der Waals surface area contributed by atoms with Gasteiger partial charge in [0.15, 0.2) is 0 Å². The molecule has 0 heterocycles. The first-order valence-electron chi connectivity index (χ1n) is 9.63. The van der Waals surface area contributed by atoms with Gasteiger partial charge in [-0.15, -0.1) is 0 Å². The molecule has 184 valence electrons. The Bertz CT molecular complexity index is 629. The summed E-state index contributed by atoms with van der Waals surface area (Å²) in [6.07, 6.45) is 9.65. The fourth-order valence-electron chi connectivity index (χ4n) is 2.40. The van der Waals surface area contributed by atoms with Crippen LogP contribution < -0.4 is 0 Å². The van der Waals surface area contributed by atoms with E-state index in [2.05, 4.69) is 27.8 Å². The van der Waals surface area contributed by atoms with Crippen molar-refractivity contribution in [3.05, 3.63) is 0 Å². The van der Waals surface area contributed by atoms with E-state index in [1.54, 1.807) is 0 Å². The van der Waals surface area contributed by atoms with Gasteiger partial charge in [-0.3, -0.25) is 0 Å². The largest absolute Gasteiger partial charge is 0.501 e. The molecule has 0 aliphatic heterocycles. The Kier molecular flexibility index (Phi) is 14.3. The molecule has 0 aliphatic carbocycles. The van der Waals surface area contributed by atoms with Gasteiger partial charge in [-0.1, -0.05) is 40.0 Å². The fourth-order valence-corrected chi connectivity index (χ4v) is 8.61. The summed E-state index contributed by atoms with van der Waals surface area (Å²) in [6.45, 7) is 7.76. The summed E-state index contributed by atoms with van der Waals surface area (Å²) < 4.78 is 111. The van der Waals surface area contributed by atoms with Crippen LogP contribution in [0.15, 0.2) is 0 Å². The molecule has 0 N–H and O–H groups in total. The Balaban J connectivity index is 0. The number of nitrogens with zero attached hydrogens (tertiary/aromatic N) is 1. The van der Waals surface area contributed by atoms with E-state index >= 15 is 0 Å². The highest BCUT2D eigenvalue weighted by Gasteiger charge is 2.55. The lowest BCUT2D eigenvalue weighted by Gasteiger charge is -2.35. The summed E-state index contributed by atoms with van der Waals surface area (Å²) >= 11 is 0. The lowest BCUT2D eigenvalue weighted by Crippen LogP contribution is -2.46. The van der Waals surface area contributed by atoms with Crippen molar-refractivity contribution in [2.45, 2.75) is 76.7 Å². The zero-order chi connectivity index (χ0) is 24.3. The molecule has 0 saturated heterocycles. The smallest absolute Gasteiger partial charge is 0.326 e. The van der Waals surface area contributed by atoms with Crippen molar-refractivity contribution < 1.29 is 47.7 Å². The standard InChI is InChI=1S/C14H32N.C2HF6O4PS2/c1-5-8-11-14-15(4,12-9-6-2)13-10-7-3;3-1(4,5)14(9,10)13-15(11,12)2(6,7)8/h5-14H2,1-4H3;13H/q+1;. The van der Waals surface area contributed by atoms with Crippen LogP contribution in [-0.4, -0.2) is 59.0 Å². The SMILES string of the molecule is CCCCC[N+](C)(CCCC)CCCC.O=S(=O)(PS(=O)(=O)C(F)(F)F)C(F)(F)F. The van der Waals surface area contributed by atoms with Crippen LogP contribution in [0, 0.1) is 0 Å². The van der Waals surface area contributed by atoms with Crippen LogP contribution in [0.2, 0.25) is 0 Å². The maximum atomic E-state index is 11.5. The maximum Gasteiger partial charge on any atom is 0.501 e. The highest BCUT2D eigenvalue weighted by molar-refractivity contribution is 8.76. The normalized spacial score (nSPS) is 13.7. The minimum absolute atomic E-state index is 1.32. The second-order valence-corrected chi connectivity index (χ2v) is 15.5. The molecular formula is C16H33F6NO4PS2+. The van der Waals surface area contributed by atoms with E-state index in [1.807, 2.05) is 0 Å². The molecule has 0 atom stereocenters. The first-order chi connectivity index (χ1) is 13.4. The highest BCUT2D eigenvalue weighted by atomic mass is 33.1. The predicted octanol–water partition coefficient (Wildman–Crippen LogP) is 5.59. The van der Waals surface area contributed by atoms with Gasteiger partial charge in [0.25, 0.3) is 18.9 Å². The van der Waals surface area contributed by atoms with E-state index in [0.717, 1.165) is 0 Å². The second kappa shape index (κ2) is 13.4. The highest BCUT2D eigenvalue weighted by Crippen LogP contribution is 2.46. The molecular weight excluding hydrogens is 479 g/mol. The molecule has 0 spiro atoms. The third-order valence-corrected chi connectivity index (χ3v) is 12.5.